The number of hydrogen-bond donors (Lipinski definition) is 2. The average Bonchev–Trinajstić information content (AvgIpc) is 2.71. The van der Waals surface area contributed by atoms with Gasteiger partial charge >= 0.3 is 0 Å². The summed E-state index contributed by atoms with van der Waals surface area (Å²) in [5, 5.41) is 9.90. The van der Waals surface area contributed by atoms with E-state index in [9.17, 15) is 14.7 Å². The number of benzene rings is 1. The van der Waals surface area contributed by atoms with E-state index in [0.717, 1.165) is 51.7 Å². The van der Waals surface area contributed by atoms with E-state index in [0.29, 0.717) is 18.2 Å². The van der Waals surface area contributed by atoms with Crippen LogP contribution in [0.4, 0.5) is 0 Å². The van der Waals surface area contributed by atoms with E-state index in [-0.39, 0.29) is 23.8 Å². The summed E-state index contributed by atoms with van der Waals surface area (Å²) in [6.07, 6.45) is 6.39. The van der Waals surface area contributed by atoms with Gasteiger partial charge in [0.1, 0.15) is 12.2 Å². The van der Waals surface area contributed by atoms with E-state index < -0.39 is 5.91 Å². The van der Waals surface area contributed by atoms with Crippen molar-refractivity contribution in [2.75, 3.05) is 26.2 Å². The second-order valence-electron chi connectivity index (χ2n) is 9.44. The largest absolute Gasteiger partial charge is 0.508 e. The van der Waals surface area contributed by atoms with Gasteiger partial charge < -0.3 is 20.6 Å². The first-order valence-corrected chi connectivity index (χ1v) is 11.4. The number of hydrogen-bond acceptors (Lipinski definition) is 4. The van der Waals surface area contributed by atoms with Crippen LogP contribution in [-0.2, 0) is 15.0 Å². The van der Waals surface area contributed by atoms with Crippen LogP contribution in [0.15, 0.2) is 24.3 Å². The molecule has 0 radical (unpaired) electrons. The Labute approximate surface area is 180 Å². The lowest BCUT2D eigenvalue weighted by Gasteiger charge is -2.46. The molecular weight excluding hydrogens is 378 g/mol. The first-order chi connectivity index (χ1) is 14.3. The minimum Gasteiger partial charge on any atom is -0.508 e. The van der Waals surface area contributed by atoms with Crippen LogP contribution in [0.5, 0.6) is 5.75 Å². The van der Waals surface area contributed by atoms with Crippen molar-refractivity contribution in [3.8, 4) is 5.75 Å². The van der Waals surface area contributed by atoms with Crippen LogP contribution in [0.1, 0.15) is 64.4 Å². The number of nitrogens with zero attached hydrogens (tertiary/aromatic N) is 2. The number of amides is 2. The van der Waals surface area contributed by atoms with Crippen molar-refractivity contribution in [1.82, 2.24) is 9.80 Å². The molecule has 2 fully saturated rings. The Kier molecular flexibility index (Phi) is 7.40. The molecule has 0 aromatic heterocycles. The highest BCUT2D eigenvalue weighted by Crippen LogP contribution is 2.40. The molecule has 2 amide bonds. The number of piperidine rings is 1. The van der Waals surface area contributed by atoms with Crippen LogP contribution in [0.3, 0.4) is 0 Å². The summed E-state index contributed by atoms with van der Waals surface area (Å²) in [6.45, 7) is 7.95. The summed E-state index contributed by atoms with van der Waals surface area (Å²) in [7, 11) is 0. The van der Waals surface area contributed by atoms with Gasteiger partial charge in [-0.05, 0) is 54.8 Å². The molecule has 1 saturated heterocycles. The van der Waals surface area contributed by atoms with Gasteiger partial charge in [-0.2, -0.15) is 0 Å². The zero-order chi connectivity index (χ0) is 21.7. The second-order valence-corrected chi connectivity index (χ2v) is 9.44. The van der Waals surface area contributed by atoms with Gasteiger partial charge in [-0.15, -0.1) is 0 Å². The van der Waals surface area contributed by atoms with Gasteiger partial charge in [0.2, 0.25) is 11.8 Å². The molecule has 0 spiro atoms. The number of carbonyl (C=O) groups excluding carboxylic acids is 2. The van der Waals surface area contributed by atoms with E-state index in [4.69, 9.17) is 5.73 Å². The van der Waals surface area contributed by atoms with E-state index in [1.807, 2.05) is 17.0 Å². The van der Waals surface area contributed by atoms with Crippen LogP contribution in [-0.4, -0.2) is 58.9 Å². The fourth-order valence-electron chi connectivity index (χ4n) is 5.21. The Hall–Kier alpha value is -2.08. The number of nitrogens with two attached hydrogens (primary N) is 1. The zero-order valence-electron chi connectivity index (χ0n) is 18.5. The normalized spacial score (nSPS) is 25.7. The fourth-order valence-corrected chi connectivity index (χ4v) is 5.21. The van der Waals surface area contributed by atoms with Gasteiger partial charge in [-0.1, -0.05) is 45.2 Å². The molecule has 6 nitrogen and oxygen atoms in total. The van der Waals surface area contributed by atoms with Gasteiger partial charge in [-0.25, -0.2) is 0 Å². The van der Waals surface area contributed by atoms with Gasteiger partial charge in [0.15, 0.2) is 0 Å². The quantitative estimate of drug-likeness (QED) is 0.670. The molecular formula is C24H37N3O3. The number of phenols is 1. The third-order valence-electron chi connectivity index (χ3n) is 7.39. The first kappa shape index (κ1) is 22.6. The zero-order valence-corrected chi connectivity index (χ0v) is 18.5. The summed E-state index contributed by atoms with van der Waals surface area (Å²) in [5.74, 6) is 0.0790. The van der Waals surface area contributed by atoms with E-state index in [1.165, 1.54) is 12.0 Å². The number of likely N-dealkylation sites (tertiary alicyclic amines) is 1. The Bertz CT molecular complexity index is 747. The van der Waals surface area contributed by atoms with Crippen LogP contribution < -0.4 is 5.73 Å². The SMILES string of the molecule is C[C@H]1CN(CCN(C(=O)CC(N)=O)C2CCCCC2)CC[C@]1(C)c1cccc(O)c1. The van der Waals surface area contributed by atoms with Gasteiger partial charge in [0.25, 0.3) is 0 Å². The lowest BCUT2D eigenvalue weighted by Crippen LogP contribution is -2.51. The van der Waals surface area contributed by atoms with E-state index in [1.54, 1.807) is 6.07 Å². The highest BCUT2D eigenvalue weighted by Gasteiger charge is 2.38. The predicted octanol–water partition coefficient (Wildman–Crippen LogP) is 3.03. The number of carbonyl (C=O) groups is 2. The molecule has 1 heterocycles. The third kappa shape index (κ3) is 5.34. The second kappa shape index (κ2) is 9.82. The molecule has 1 aromatic rings. The first-order valence-electron chi connectivity index (χ1n) is 11.4. The van der Waals surface area contributed by atoms with Crippen molar-refractivity contribution in [3.05, 3.63) is 29.8 Å². The van der Waals surface area contributed by atoms with Crippen LogP contribution in [0.2, 0.25) is 0 Å². The van der Waals surface area contributed by atoms with Crippen molar-refractivity contribution in [3.63, 3.8) is 0 Å². The molecule has 2 aliphatic rings. The predicted molar refractivity (Wildman–Crippen MR) is 118 cm³/mol. The standard InChI is InChI=1S/C24H37N3O3/c1-18-17-26(12-11-24(18,2)19-7-6-10-21(28)15-19)13-14-27(23(30)16-22(25)29)20-8-4-3-5-9-20/h6-7,10,15,18,20,28H,3-5,8-9,11-14,16-17H2,1-2H3,(H2,25,29)/t18-,24-/m0/s1. The molecule has 0 bridgehead atoms. The van der Waals surface area contributed by atoms with Crippen molar-refractivity contribution in [1.29, 1.82) is 0 Å². The maximum Gasteiger partial charge on any atom is 0.232 e. The van der Waals surface area contributed by atoms with Crippen molar-refractivity contribution in [2.45, 2.75) is 70.3 Å². The van der Waals surface area contributed by atoms with E-state index in [2.05, 4.69) is 24.8 Å². The summed E-state index contributed by atoms with van der Waals surface area (Å²) in [6, 6.07) is 7.88. The molecule has 1 aliphatic carbocycles. The van der Waals surface area contributed by atoms with E-state index >= 15 is 0 Å². The Morgan fingerprint density at radius 2 is 2.00 bits per heavy atom. The topological polar surface area (TPSA) is 86.9 Å². The van der Waals surface area contributed by atoms with Crippen molar-refractivity contribution < 1.29 is 14.7 Å². The molecule has 1 saturated carbocycles. The summed E-state index contributed by atoms with van der Waals surface area (Å²) < 4.78 is 0. The summed E-state index contributed by atoms with van der Waals surface area (Å²) in [5.41, 5.74) is 6.52. The number of aromatic hydroxyl groups is 1. The molecule has 0 unspecified atom stereocenters. The molecule has 3 N–H and O–H groups in total. The molecule has 6 heteroatoms. The third-order valence-corrected chi connectivity index (χ3v) is 7.39. The lowest BCUT2D eigenvalue weighted by atomic mass is 9.68. The average molecular weight is 416 g/mol. The highest BCUT2D eigenvalue weighted by atomic mass is 16.3. The van der Waals surface area contributed by atoms with Gasteiger partial charge in [0, 0.05) is 25.7 Å². The van der Waals surface area contributed by atoms with Gasteiger partial charge in [-0.3, -0.25) is 9.59 Å². The number of phenolic OH excluding ortho intramolecular Hbond substituents is 1. The van der Waals surface area contributed by atoms with Crippen molar-refractivity contribution >= 4 is 11.8 Å². The number of primary amides is 1. The van der Waals surface area contributed by atoms with Crippen molar-refractivity contribution in [2.24, 2.45) is 11.7 Å². The van der Waals surface area contributed by atoms with Crippen LogP contribution >= 0.6 is 0 Å². The Balaban J connectivity index is 1.61. The maximum atomic E-state index is 12.7. The number of rotatable bonds is 7. The molecule has 2 atom stereocenters. The molecule has 30 heavy (non-hydrogen) atoms. The lowest BCUT2D eigenvalue weighted by molar-refractivity contribution is -0.137. The van der Waals surface area contributed by atoms with Gasteiger partial charge in [0.05, 0.1) is 0 Å². The summed E-state index contributed by atoms with van der Waals surface area (Å²) >= 11 is 0. The fraction of sp³-hybridized carbons (Fsp3) is 0.667. The van der Waals surface area contributed by atoms with Crippen LogP contribution in [0, 0.1) is 5.92 Å². The monoisotopic (exact) mass is 415 g/mol. The summed E-state index contributed by atoms with van der Waals surface area (Å²) in [4.78, 5) is 28.4. The van der Waals surface area contributed by atoms with Crippen LogP contribution in [0.25, 0.3) is 0 Å². The molecule has 1 aromatic carbocycles. The molecule has 3 rings (SSSR count). The maximum absolute atomic E-state index is 12.7. The molecule has 1 aliphatic heterocycles. The smallest absolute Gasteiger partial charge is 0.232 e. The molecule has 166 valence electrons. The Morgan fingerprint density at radius 3 is 2.63 bits per heavy atom. The minimum atomic E-state index is -0.547. The highest BCUT2D eigenvalue weighted by molar-refractivity contribution is 5.96. The Morgan fingerprint density at radius 1 is 1.27 bits per heavy atom. The minimum absolute atomic E-state index is 0.0279.